The Morgan fingerprint density at radius 1 is 1.16 bits per heavy atom. The first-order valence-electron chi connectivity index (χ1n) is 12.2. The van der Waals surface area contributed by atoms with Gasteiger partial charge in [-0.3, -0.25) is 4.79 Å². The summed E-state index contributed by atoms with van der Waals surface area (Å²) in [7, 11) is 4.51. The molecule has 1 N–H and O–H groups in total. The lowest BCUT2D eigenvalue weighted by molar-refractivity contribution is -0.119. The Morgan fingerprint density at radius 3 is 2.55 bits per heavy atom. The lowest BCUT2D eigenvalue weighted by Gasteiger charge is -2.21. The minimum absolute atomic E-state index is 0.0545. The summed E-state index contributed by atoms with van der Waals surface area (Å²) in [6, 6.07) is 9.36. The van der Waals surface area contributed by atoms with Crippen molar-refractivity contribution in [1.82, 2.24) is 14.9 Å². The van der Waals surface area contributed by atoms with Gasteiger partial charge in [-0.05, 0) is 69.7 Å². The molecular formula is C27H33ClN5O4P. The highest BCUT2D eigenvalue weighted by Crippen LogP contribution is 2.38. The summed E-state index contributed by atoms with van der Waals surface area (Å²) >= 11 is 6.51. The van der Waals surface area contributed by atoms with E-state index in [4.69, 9.17) is 21.1 Å². The molecule has 0 bridgehead atoms. The predicted octanol–water partition coefficient (Wildman–Crippen LogP) is 4.18. The Hall–Kier alpha value is -3.13. The number of benzene rings is 2. The lowest BCUT2D eigenvalue weighted by atomic mass is 10.0. The topological polar surface area (TPSA) is 96.9 Å². The van der Waals surface area contributed by atoms with E-state index in [1.807, 2.05) is 36.0 Å². The van der Waals surface area contributed by atoms with Gasteiger partial charge in [-0.1, -0.05) is 11.6 Å². The molecule has 0 saturated carbocycles. The van der Waals surface area contributed by atoms with Crippen molar-refractivity contribution in [3.8, 4) is 11.5 Å². The summed E-state index contributed by atoms with van der Waals surface area (Å²) in [6.07, 6.45) is 2.71. The van der Waals surface area contributed by atoms with E-state index in [1.165, 1.54) is 0 Å². The SMILES string of the molecule is COc1cc2c(cc1Cc1nc(Nc3ccc(P(C)(C)=O)cc3OC)ncc1Cl)N(C(=O)CN(C)C)CC2. The van der Waals surface area contributed by atoms with Crippen molar-refractivity contribution in [1.29, 1.82) is 0 Å². The van der Waals surface area contributed by atoms with E-state index in [9.17, 15) is 9.36 Å². The van der Waals surface area contributed by atoms with Gasteiger partial charge in [0.1, 0.15) is 18.6 Å². The van der Waals surface area contributed by atoms with Crippen molar-refractivity contribution in [2.45, 2.75) is 12.8 Å². The average molecular weight is 558 g/mol. The Balaban J connectivity index is 1.63. The van der Waals surface area contributed by atoms with Crippen LogP contribution in [0.15, 0.2) is 36.5 Å². The second kappa shape index (κ2) is 11.3. The van der Waals surface area contributed by atoms with Crippen molar-refractivity contribution < 1.29 is 18.8 Å². The molecule has 38 heavy (non-hydrogen) atoms. The number of ether oxygens (including phenoxy) is 2. The Labute approximate surface area is 228 Å². The number of carbonyl (C=O) groups excluding carboxylic acids is 1. The molecule has 0 atom stereocenters. The van der Waals surface area contributed by atoms with Crippen molar-refractivity contribution in [3.63, 3.8) is 0 Å². The van der Waals surface area contributed by atoms with Gasteiger partial charge in [0.2, 0.25) is 11.9 Å². The smallest absolute Gasteiger partial charge is 0.241 e. The first-order valence-corrected chi connectivity index (χ1v) is 15.1. The van der Waals surface area contributed by atoms with Crippen molar-refractivity contribution in [2.24, 2.45) is 0 Å². The number of nitrogens with zero attached hydrogens (tertiary/aromatic N) is 4. The standard InChI is InChI=1S/C27H33ClN5O4P/c1-32(2)16-26(34)33-10-9-17-13-24(36-3)18(12-23(17)33)11-22-20(28)15-29-27(31-22)30-21-8-7-19(38(5,6)35)14-25(21)37-4/h7-8,12-15H,9-11,16H2,1-6H3,(H,29,30,31). The molecule has 0 fully saturated rings. The highest BCUT2D eigenvalue weighted by molar-refractivity contribution is 7.70. The molecule has 0 saturated heterocycles. The second-order valence-electron chi connectivity index (χ2n) is 9.85. The summed E-state index contributed by atoms with van der Waals surface area (Å²) in [5.74, 6) is 1.65. The fourth-order valence-corrected chi connectivity index (χ4v) is 5.43. The van der Waals surface area contributed by atoms with Crippen LogP contribution in [0.3, 0.4) is 0 Å². The first kappa shape index (κ1) is 27.9. The number of carbonyl (C=O) groups is 1. The molecule has 1 aromatic heterocycles. The zero-order valence-electron chi connectivity index (χ0n) is 22.5. The molecule has 9 nitrogen and oxygen atoms in total. The van der Waals surface area contributed by atoms with Gasteiger partial charge < -0.3 is 29.2 Å². The number of fused-ring (bicyclic) bond motifs is 1. The van der Waals surface area contributed by atoms with Gasteiger partial charge in [0.25, 0.3) is 0 Å². The maximum atomic E-state index is 12.8. The number of halogens is 1. The fourth-order valence-electron chi connectivity index (χ4n) is 4.41. The maximum absolute atomic E-state index is 12.8. The number of amides is 1. The fraction of sp³-hybridized carbons (Fsp3) is 0.370. The Morgan fingerprint density at radius 2 is 1.89 bits per heavy atom. The number of hydrogen-bond donors (Lipinski definition) is 1. The molecule has 0 unspecified atom stereocenters. The molecule has 1 aliphatic rings. The Bertz CT molecular complexity index is 1410. The molecule has 0 spiro atoms. The Kier molecular flexibility index (Phi) is 8.31. The van der Waals surface area contributed by atoms with Crippen LogP contribution in [0.25, 0.3) is 0 Å². The number of anilines is 3. The van der Waals surface area contributed by atoms with E-state index < -0.39 is 7.14 Å². The molecule has 4 rings (SSSR count). The molecule has 2 heterocycles. The van der Waals surface area contributed by atoms with Gasteiger partial charge in [-0.25, -0.2) is 9.97 Å². The molecule has 11 heteroatoms. The zero-order chi connectivity index (χ0) is 27.6. The van der Waals surface area contributed by atoms with Crippen molar-refractivity contribution >= 4 is 47.3 Å². The van der Waals surface area contributed by atoms with Gasteiger partial charge in [0.15, 0.2) is 0 Å². The van der Waals surface area contributed by atoms with Crippen LogP contribution >= 0.6 is 18.7 Å². The number of nitrogens with one attached hydrogen (secondary N) is 1. The quantitative estimate of drug-likeness (QED) is 0.391. The molecule has 1 amide bonds. The van der Waals surface area contributed by atoms with Crippen LogP contribution in [0.1, 0.15) is 16.8 Å². The van der Waals surface area contributed by atoms with Gasteiger partial charge in [-0.2, -0.15) is 0 Å². The maximum Gasteiger partial charge on any atom is 0.241 e. The van der Waals surface area contributed by atoms with Crippen molar-refractivity contribution in [3.05, 3.63) is 58.4 Å². The van der Waals surface area contributed by atoms with Crippen LogP contribution in [0, 0.1) is 0 Å². The number of hydrogen-bond acceptors (Lipinski definition) is 8. The van der Waals surface area contributed by atoms with Gasteiger partial charge >= 0.3 is 0 Å². The third kappa shape index (κ3) is 6.12. The molecular weight excluding hydrogens is 525 g/mol. The van der Waals surface area contributed by atoms with E-state index in [1.54, 1.807) is 51.9 Å². The summed E-state index contributed by atoms with van der Waals surface area (Å²) in [5.41, 5.74) is 4.08. The van der Waals surface area contributed by atoms with Crippen LogP contribution in [0.2, 0.25) is 5.02 Å². The van der Waals surface area contributed by atoms with E-state index >= 15 is 0 Å². The van der Waals surface area contributed by atoms with Gasteiger partial charge in [-0.15, -0.1) is 0 Å². The third-order valence-corrected chi connectivity index (χ3v) is 8.20. The lowest BCUT2D eigenvalue weighted by Crippen LogP contribution is -2.36. The van der Waals surface area contributed by atoms with E-state index in [0.29, 0.717) is 47.6 Å². The summed E-state index contributed by atoms with van der Waals surface area (Å²) in [5, 5.41) is 4.32. The highest BCUT2D eigenvalue weighted by atomic mass is 35.5. The van der Waals surface area contributed by atoms with Crippen LogP contribution in [-0.4, -0.2) is 75.5 Å². The van der Waals surface area contributed by atoms with Crippen LogP contribution in [0.4, 0.5) is 17.3 Å². The predicted molar refractivity (Wildman–Crippen MR) is 153 cm³/mol. The van der Waals surface area contributed by atoms with E-state index in [-0.39, 0.29) is 5.91 Å². The van der Waals surface area contributed by atoms with Crippen LogP contribution < -0.4 is 25.0 Å². The highest BCUT2D eigenvalue weighted by Gasteiger charge is 2.27. The van der Waals surface area contributed by atoms with Gasteiger partial charge in [0.05, 0.1) is 43.4 Å². The molecule has 2 aromatic carbocycles. The molecule has 1 aliphatic heterocycles. The van der Waals surface area contributed by atoms with Gasteiger partial charge in [0, 0.05) is 29.5 Å². The molecule has 0 radical (unpaired) electrons. The third-order valence-electron chi connectivity index (χ3n) is 6.36. The first-order chi connectivity index (χ1) is 18.0. The van der Waals surface area contributed by atoms with Crippen molar-refractivity contribution in [2.75, 3.05) is 65.0 Å². The second-order valence-corrected chi connectivity index (χ2v) is 13.5. The zero-order valence-corrected chi connectivity index (χ0v) is 24.2. The summed E-state index contributed by atoms with van der Waals surface area (Å²) < 4.78 is 23.7. The summed E-state index contributed by atoms with van der Waals surface area (Å²) in [4.78, 5) is 25.5. The summed E-state index contributed by atoms with van der Waals surface area (Å²) in [6.45, 7) is 4.41. The normalized spacial score (nSPS) is 13.0. The molecule has 202 valence electrons. The minimum Gasteiger partial charge on any atom is -0.496 e. The number of likely N-dealkylation sites (N-methyl/N-ethyl adjacent to an activating group) is 1. The monoisotopic (exact) mass is 557 g/mol. The number of aromatic nitrogens is 2. The van der Waals surface area contributed by atoms with Crippen LogP contribution in [0.5, 0.6) is 11.5 Å². The molecule has 0 aliphatic carbocycles. The largest absolute Gasteiger partial charge is 0.496 e. The minimum atomic E-state index is -2.44. The number of rotatable bonds is 9. The van der Waals surface area contributed by atoms with Crippen LogP contribution in [-0.2, 0) is 22.2 Å². The average Bonchev–Trinajstić information content (AvgIpc) is 3.27. The molecule has 3 aromatic rings. The number of methoxy groups -OCH3 is 2. The van der Waals surface area contributed by atoms with E-state index in [0.717, 1.165) is 34.3 Å². The van der Waals surface area contributed by atoms with E-state index in [2.05, 4.69) is 15.3 Å².